The molecule has 2 rings (SSSR count). The van der Waals surface area contributed by atoms with Gasteiger partial charge in [0.15, 0.2) is 0 Å². The summed E-state index contributed by atoms with van der Waals surface area (Å²) in [4.78, 5) is 9.07. The molecule has 0 bridgehead atoms. The molecule has 1 heterocycles. The Labute approximate surface area is 126 Å². The SMILES string of the molecule is Cc1ccc(C)c(Nc2nc(C(C)C)nc(NN)c2C)c1. The van der Waals surface area contributed by atoms with Gasteiger partial charge >= 0.3 is 0 Å². The first-order valence-electron chi connectivity index (χ1n) is 7.11. The lowest BCUT2D eigenvalue weighted by molar-refractivity contribution is 0.774. The summed E-state index contributed by atoms with van der Waals surface area (Å²) in [5, 5.41) is 3.40. The lowest BCUT2D eigenvalue weighted by atomic mass is 10.1. The average molecular weight is 285 g/mol. The van der Waals surface area contributed by atoms with Gasteiger partial charge in [-0.1, -0.05) is 26.0 Å². The Balaban J connectivity index is 2.47. The van der Waals surface area contributed by atoms with Crippen molar-refractivity contribution in [2.24, 2.45) is 5.84 Å². The van der Waals surface area contributed by atoms with Crippen LogP contribution in [-0.2, 0) is 0 Å². The quantitative estimate of drug-likeness (QED) is 0.591. The molecule has 5 heteroatoms. The van der Waals surface area contributed by atoms with Gasteiger partial charge in [0.1, 0.15) is 17.5 Å². The minimum atomic E-state index is 0.233. The molecule has 1 aromatic carbocycles. The molecule has 0 aliphatic carbocycles. The maximum absolute atomic E-state index is 5.57. The maximum atomic E-state index is 5.57. The number of nitrogens with zero attached hydrogens (tertiary/aromatic N) is 2. The van der Waals surface area contributed by atoms with Crippen molar-refractivity contribution >= 4 is 17.3 Å². The van der Waals surface area contributed by atoms with Gasteiger partial charge in [-0.15, -0.1) is 0 Å². The first-order chi connectivity index (χ1) is 9.92. The number of hydrazine groups is 1. The number of benzene rings is 1. The van der Waals surface area contributed by atoms with Crippen molar-refractivity contribution in [3.8, 4) is 0 Å². The zero-order valence-electron chi connectivity index (χ0n) is 13.3. The highest BCUT2D eigenvalue weighted by Gasteiger charge is 2.13. The lowest BCUT2D eigenvalue weighted by Crippen LogP contribution is -2.14. The molecule has 21 heavy (non-hydrogen) atoms. The van der Waals surface area contributed by atoms with E-state index in [4.69, 9.17) is 5.84 Å². The average Bonchev–Trinajstić information content (AvgIpc) is 2.44. The predicted octanol–water partition coefficient (Wildman–Crippen LogP) is 3.55. The summed E-state index contributed by atoms with van der Waals surface area (Å²) in [5.41, 5.74) is 6.99. The van der Waals surface area contributed by atoms with Crippen LogP contribution in [0.4, 0.5) is 17.3 Å². The molecule has 4 N–H and O–H groups in total. The highest BCUT2D eigenvalue weighted by molar-refractivity contribution is 5.67. The van der Waals surface area contributed by atoms with Gasteiger partial charge in [0, 0.05) is 17.2 Å². The number of nitrogen functional groups attached to an aromatic ring is 1. The summed E-state index contributed by atoms with van der Waals surface area (Å²) in [6.45, 7) is 10.2. The molecule has 112 valence electrons. The standard InChI is InChI=1S/C16H23N5/c1-9(2)14-19-15(12(5)16(20-14)21-17)18-13-8-10(3)6-7-11(13)4/h6-9H,17H2,1-5H3,(H2,18,19,20,21). The van der Waals surface area contributed by atoms with Gasteiger partial charge in [0.25, 0.3) is 0 Å². The van der Waals surface area contributed by atoms with Gasteiger partial charge in [0.2, 0.25) is 0 Å². The van der Waals surface area contributed by atoms with Crippen LogP contribution in [0.5, 0.6) is 0 Å². The van der Waals surface area contributed by atoms with E-state index in [1.807, 2.05) is 6.92 Å². The molecule has 0 saturated heterocycles. The first-order valence-corrected chi connectivity index (χ1v) is 7.11. The van der Waals surface area contributed by atoms with Crippen LogP contribution in [0.3, 0.4) is 0 Å². The lowest BCUT2D eigenvalue weighted by Gasteiger charge is -2.16. The largest absolute Gasteiger partial charge is 0.340 e. The Morgan fingerprint density at radius 3 is 2.33 bits per heavy atom. The van der Waals surface area contributed by atoms with Crippen LogP contribution in [0.1, 0.15) is 42.3 Å². The summed E-state index contributed by atoms with van der Waals surface area (Å²) in [6.07, 6.45) is 0. The second-order valence-corrected chi connectivity index (χ2v) is 5.65. The number of hydrogen-bond donors (Lipinski definition) is 3. The van der Waals surface area contributed by atoms with E-state index >= 15 is 0 Å². The molecule has 0 amide bonds. The highest BCUT2D eigenvalue weighted by Crippen LogP contribution is 2.27. The predicted molar refractivity (Wildman–Crippen MR) is 87.9 cm³/mol. The Hall–Kier alpha value is -2.14. The van der Waals surface area contributed by atoms with Gasteiger partial charge in [-0.25, -0.2) is 15.8 Å². The van der Waals surface area contributed by atoms with E-state index in [0.717, 1.165) is 22.9 Å². The summed E-state index contributed by atoms with van der Waals surface area (Å²) in [5.74, 6) is 8.01. The molecule has 2 aromatic rings. The highest BCUT2D eigenvalue weighted by atomic mass is 15.3. The van der Waals surface area contributed by atoms with Gasteiger partial charge < -0.3 is 10.7 Å². The van der Waals surface area contributed by atoms with Gasteiger partial charge in [0.05, 0.1) is 0 Å². The van der Waals surface area contributed by atoms with E-state index in [1.165, 1.54) is 11.1 Å². The molecule has 5 nitrogen and oxygen atoms in total. The smallest absolute Gasteiger partial charge is 0.148 e. The molecule has 0 atom stereocenters. The topological polar surface area (TPSA) is 75.9 Å². The maximum Gasteiger partial charge on any atom is 0.148 e. The monoisotopic (exact) mass is 285 g/mol. The van der Waals surface area contributed by atoms with Crippen LogP contribution in [-0.4, -0.2) is 9.97 Å². The summed E-state index contributed by atoms with van der Waals surface area (Å²) in [7, 11) is 0. The van der Waals surface area contributed by atoms with Crippen LogP contribution in [0.25, 0.3) is 0 Å². The Morgan fingerprint density at radius 2 is 1.71 bits per heavy atom. The number of hydrogen-bond acceptors (Lipinski definition) is 5. The number of nitrogens with one attached hydrogen (secondary N) is 2. The third-order valence-electron chi connectivity index (χ3n) is 3.46. The zero-order valence-corrected chi connectivity index (χ0v) is 13.3. The van der Waals surface area contributed by atoms with E-state index in [0.29, 0.717) is 5.82 Å². The minimum absolute atomic E-state index is 0.233. The van der Waals surface area contributed by atoms with E-state index in [9.17, 15) is 0 Å². The van der Waals surface area contributed by atoms with Crippen molar-refractivity contribution in [3.63, 3.8) is 0 Å². The second-order valence-electron chi connectivity index (χ2n) is 5.65. The van der Waals surface area contributed by atoms with Crippen LogP contribution in [0, 0.1) is 20.8 Å². The van der Waals surface area contributed by atoms with Crippen LogP contribution < -0.4 is 16.6 Å². The Morgan fingerprint density at radius 1 is 1.05 bits per heavy atom. The number of aryl methyl sites for hydroxylation is 2. The third-order valence-corrected chi connectivity index (χ3v) is 3.46. The molecule has 0 unspecified atom stereocenters. The molecule has 0 aliphatic rings. The number of nitrogens with two attached hydrogens (primary N) is 1. The number of rotatable bonds is 4. The zero-order chi connectivity index (χ0) is 15.6. The molecule has 0 radical (unpaired) electrons. The molecular formula is C16H23N5. The van der Waals surface area contributed by atoms with Gasteiger partial charge in [-0.2, -0.15) is 0 Å². The van der Waals surface area contributed by atoms with Crippen molar-refractivity contribution in [2.75, 3.05) is 10.7 Å². The van der Waals surface area contributed by atoms with Crippen LogP contribution in [0.15, 0.2) is 18.2 Å². The van der Waals surface area contributed by atoms with Gasteiger partial charge in [-0.3, -0.25) is 0 Å². The summed E-state index contributed by atoms with van der Waals surface area (Å²) < 4.78 is 0. The van der Waals surface area contributed by atoms with Crippen molar-refractivity contribution in [2.45, 2.75) is 40.5 Å². The first kappa shape index (κ1) is 15.3. The number of anilines is 3. The second kappa shape index (κ2) is 6.10. The van der Waals surface area contributed by atoms with Crippen molar-refractivity contribution in [3.05, 3.63) is 40.7 Å². The molecular weight excluding hydrogens is 262 g/mol. The van der Waals surface area contributed by atoms with E-state index in [1.54, 1.807) is 0 Å². The minimum Gasteiger partial charge on any atom is -0.340 e. The van der Waals surface area contributed by atoms with Crippen LogP contribution >= 0.6 is 0 Å². The molecule has 0 fully saturated rings. The van der Waals surface area contributed by atoms with Crippen molar-refractivity contribution in [1.82, 2.24) is 9.97 Å². The van der Waals surface area contributed by atoms with E-state index < -0.39 is 0 Å². The fraction of sp³-hybridized carbons (Fsp3) is 0.375. The molecule has 0 spiro atoms. The Bertz CT molecular complexity index is 649. The summed E-state index contributed by atoms with van der Waals surface area (Å²) in [6, 6.07) is 6.31. The third kappa shape index (κ3) is 3.31. The van der Waals surface area contributed by atoms with E-state index in [-0.39, 0.29) is 5.92 Å². The molecule has 0 aliphatic heterocycles. The Kier molecular flexibility index (Phi) is 4.43. The van der Waals surface area contributed by atoms with Gasteiger partial charge in [-0.05, 0) is 38.0 Å². The van der Waals surface area contributed by atoms with Crippen LogP contribution in [0.2, 0.25) is 0 Å². The normalized spacial score (nSPS) is 10.8. The van der Waals surface area contributed by atoms with Crippen molar-refractivity contribution < 1.29 is 0 Å². The molecule has 0 saturated carbocycles. The molecule has 1 aromatic heterocycles. The number of aromatic nitrogens is 2. The van der Waals surface area contributed by atoms with E-state index in [2.05, 4.69) is 66.6 Å². The summed E-state index contributed by atoms with van der Waals surface area (Å²) >= 11 is 0. The van der Waals surface area contributed by atoms with Crippen molar-refractivity contribution in [1.29, 1.82) is 0 Å². The fourth-order valence-corrected chi connectivity index (χ4v) is 2.05. The fourth-order valence-electron chi connectivity index (χ4n) is 2.05.